The molecule has 0 bridgehead atoms. The highest BCUT2D eigenvalue weighted by Crippen LogP contribution is 2.31. The molecule has 1 N–H and O–H groups in total. The van der Waals surface area contributed by atoms with E-state index in [9.17, 15) is 4.79 Å². The second-order valence-corrected chi connectivity index (χ2v) is 4.46. The highest BCUT2D eigenvalue weighted by molar-refractivity contribution is 7.12. The zero-order valence-corrected chi connectivity index (χ0v) is 9.84. The summed E-state index contributed by atoms with van der Waals surface area (Å²) in [4.78, 5) is 12.6. The molecular formula is C11H13NO3S. The molecule has 0 aromatic carbocycles. The maximum Gasteiger partial charge on any atom is 0.339 e. The Balaban J connectivity index is 2.37. The highest BCUT2D eigenvalue weighted by Gasteiger charge is 2.24. The molecule has 0 saturated heterocycles. The standard InChI is InChI=1S/C11H13NO3S/c1-2-15-11(13)8-6-16-10-7(8)4-3-5-9(10)12-14/h6,14H,2-5H2,1H3/b12-9+. The molecule has 0 saturated carbocycles. The molecular weight excluding hydrogens is 226 g/mol. The summed E-state index contributed by atoms with van der Waals surface area (Å²) in [6, 6.07) is 0. The number of nitrogens with zero attached hydrogens (tertiary/aromatic N) is 1. The van der Waals surface area contributed by atoms with Crippen LogP contribution in [0.5, 0.6) is 0 Å². The lowest BCUT2D eigenvalue weighted by Gasteiger charge is -2.13. The third-order valence-corrected chi connectivity index (χ3v) is 3.68. The van der Waals surface area contributed by atoms with E-state index in [0.717, 1.165) is 29.7 Å². The number of ether oxygens (including phenoxy) is 1. The maximum absolute atomic E-state index is 11.7. The molecule has 0 aliphatic heterocycles. The molecule has 0 atom stereocenters. The first-order valence-electron chi connectivity index (χ1n) is 5.26. The number of carbonyl (C=O) groups excluding carboxylic acids is 1. The second kappa shape index (κ2) is 4.65. The second-order valence-electron chi connectivity index (χ2n) is 3.58. The van der Waals surface area contributed by atoms with Crippen LogP contribution >= 0.6 is 11.3 Å². The Kier molecular flexibility index (Phi) is 3.24. The van der Waals surface area contributed by atoms with Gasteiger partial charge in [0.25, 0.3) is 0 Å². The van der Waals surface area contributed by atoms with Crippen molar-refractivity contribution in [1.29, 1.82) is 0 Å². The van der Waals surface area contributed by atoms with Gasteiger partial charge in [-0.1, -0.05) is 5.16 Å². The quantitative estimate of drug-likeness (QED) is 0.490. The van der Waals surface area contributed by atoms with Gasteiger partial charge in [-0.2, -0.15) is 0 Å². The Morgan fingerprint density at radius 3 is 3.12 bits per heavy atom. The van der Waals surface area contributed by atoms with Crippen molar-refractivity contribution in [3.63, 3.8) is 0 Å². The number of hydrogen-bond acceptors (Lipinski definition) is 5. The fourth-order valence-corrected chi connectivity index (χ4v) is 3.00. The summed E-state index contributed by atoms with van der Waals surface area (Å²) in [6.07, 6.45) is 2.54. The summed E-state index contributed by atoms with van der Waals surface area (Å²) in [5, 5.41) is 13.9. The van der Waals surface area contributed by atoms with Gasteiger partial charge in [-0.3, -0.25) is 0 Å². The van der Waals surface area contributed by atoms with E-state index in [1.807, 2.05) is 0 Å². The first kappa shape index (κ1) is 11.1. The number of rotatable bonds is 2. The number of hydrogen-bond donors (Lipinski definition) is 1. The minimum atomic E-state index is -0.279. The SMILES string of the molecule is CCOC(=O)c1csc2c1CCC/C2=N\O. The largest absolute Gasteiger partial charge is 0.462 e. The van der Waals surface area contributed by atoms with Crippen LogP contribution in [0.1, 0.15) is 40.6 Å². The van der Waals surface area contributed by atoms with E-state index in [0.29, 0.717) is 17.9 Å². The molecule has 4 nitrogen and oxygen atoms in total. The highest BCUT2D eigenvalue weighted by atomic mass is 32.1. The van der Waals surface area contributed by atoms with E-state index < -0.39 is 0 Å². The number of esters is 1. The van der Waals surface area contributed by atoms with Gasteiger partial charge in [0, 0.05) is 5.38 Å². The normalized spacial score (nSPS) is 17.2. The van der Waals surface area contributed by atoms with Crippen LogP contribution in [0, 0.1) is 0 Å². The van der Waals surface area contributed by atoms with Gasteiger partial charge in [0.1, 0.15) is 0 Å². The van der Waals surface area contributed by atoms with Crippen molar-refractivity contribution in [3.8, 4) is 0 Å². The fourth-order valence-electron chi connectivity index (χ4n) is 1.89. The molecule has 1 aromatic heterocycles. The van der Waals surface area contributed by atoms with Crippen molar-refractivity contribution in [2.75, 3.05) is 6.61 Å². The van der Waals surface area contributed by atoms with E-state index in [1.165, 1.54) is 11.3 Å². The molecule has 0 fully saturated rings. The predicted octanol–water partition coefficient (Wildman–Crippen LogP) is 2.44. The number of fused-ring (bicyclic) bond motifs is 1. The Bertz CT molecular complexity index is 436. The monoisotopic (exact) mass is 239 g/mol. The topological polar surface area (TPSA) is 58.9 Å². The zero-order chi connectivity index (χ0) is 11.5. The van der Waals surface area contributed by atoms with Gasteiger partial charge in [-0.15, -0.1) is 11.3 Å². The van der Waals surface area contributed by atoms with Gasteiger partial charge in [0.05, 0.1) is 22.8 Å². The van der Waals surface area contributed by atoms with Crippen LogP contribution in [0.15, 0.2) is 10.5 Å². The van der Waals surface area contributed by atoms with E-state index in [1.54, 1.807) is 12.3 Å². The van der Waals surface area contributed by atoms with Crippen LogP contribution in [-0.4, -0.2) is 23.5 Å². The Morgan fingerprint density at radius 1 is 1.62 bits per heavy atom. The van der Waals surface area contributed by atoms with Crippen LogP contribution in [0.25, 0.3) is 0 Å². The zero-order valence-electron chi connectivity index (χ0n) is 9.02. The minimum Gasteiger partial charge on any atom is -0.462 e. The Morgan fingerprint density at radius 2 is 2.44 bits per heavy atom. The van der Waals surface area contributed by atoms with Crippen LogP contribution < -0.4 is 0 Å². The summed E-state index contributed by atoms with van der Waals surface area (Å²) in [5.74, 6) is -0.279. The lowest BCUT2D eigenvalue weighted by molar-refractivity contribution is 0.0525. The van der Waals surface area contributed by atoms with Crippen molar-refractivity contribution >= 4 is 23.0 Å². The van der Waals surface area contributed by atoms with Gasteiger partial charge < -0.3 is 9.94 Å². The number of oxime groups is 1. The molecule has 1 aromatic rings. The van der Waals surface area contributed by atoms with Gasteiger partial charge in [0.2, 0.25) is 0 Å². The minimum absolute atomic E-state index is 0.279. The molecule has 0 unspecified atom stereocenters. The summed E-state index contributed by atoms with van der Waals surface area (Å²) >= 11 is 1.45. The third kappa shape index (κ3) is 1.82. The van der Waals surface area contributed by atoms with Gasteiger partial charge in [0.15, 0.2) is 0 Å². The first-order valence-corrected chi connectivity index (χ1v) is 6.14. The molecule has 1 heterocycles. The molecule has 0 spiro atoms. The summed E-state index contributed by atoms with van der Waals surface area (Å²) in [5.41, 5.74) is 2.28. The van der Waals surface area contributed by atoms with E-state index in [2.05, 4.69) is 5.16 Å². The molecule has 5 heteroatoms. The van der Waals surface area contributed by atoms with E-state index in [-0.39, 0.29) is 5.97 Å². The average molecular weight is 239 g/mol. The lowest BCUT2D eigenvalue weighted by Crippen LogP contribution is -2.13. The van der Waals surface area contributed by atoms with Crippen molar-refractivity contribution in [2.24, 2.45) is 5.16 Å². The maximum atomic E-state index is 11.7. The van der Waals surface area contributed by atoms with E-state index >= 15 is 0 Å². The lowest BCUT2D eigenvalue weighted by atomic mass is 9.94. The van der Waals surface area contributed by atoms with Gasteiger partial charge in [-0.05, 0) is 31.7 Å². The molecule has 1 aliphatic rings. The van der Waals surface area contributed by atoms with Gasteiger partial charge in [-0.25, -0.2) is 4.79 Å². The van der Waals surface area contributed by atoms with Crippen LogP contribution in [0.3, 0.4) is 0 Å². The fraction of sp³-hybridized carbons (Fsp3) is 0.455. The van der Waals surface area contributed by atoms with Crippen molar-refractivity contribution < 1.29 is 14.7 Å². The summed E-state index contributed by atoms with van der Waals surface area (Å²) in [7, 11) is 0. The number of thiophene rings is 1. The van der Waals surface area contributed by atoms with Crippen molar-refractivity contribution in [1.82, 2.24) is 0 Å². The molecule has 0 amide bonds. The number of carbonyl (C=O) groups is 1. The molecule has 86 valence electrons. The molecule has 2 rings (SSSR count). The van der Waals surface area contributed by atoms with Crippen molar-refractivity contribution in [2.45, 2.75) is 26.2 Å². The summed E-state index contributed by atoms with van der Waals surface area (Å²) < 4.78 is 4.99. The van der Waals surface area contributed by atoms with Crippen LogP contribution in [0.2, 0.25) is 0 Å². The van der Waals surface area contributed by atoms with Crippen LogP contribution in [-0.2, 0) is 11.2 Å². The smallest absolute Gasteiger partial charge is 0.339 e. The van der Waals surface area contributed by atoms with Crippen LogP contribution in [0.4, 0.5) is 0 Å². The third-order valence-electron chi connectivity index (χ3n) is 2.61. The Labute approximate surface area is 97.5 Å². The molecule has 16 heavy (non-hydrogen) atoms. The first-order chi connectivity index (χ1) is 7.77. The molecule has 0 radical (unpaired) electrons. The van der Waals surface area contributed by atoms with E-state index in [4.69, 9.17) is 9.94 Å². The molecule has 1 aliphatic carbocycles. The van der Waals surface area contributed by atoms with Crippen molar-refractivity contribution in [3.05, 3.63) is 21.4 Å². The predicted molar refractivity (Wildman–Crippen MR) is 61.5 cm³/mol. The Hall–Kier alpha value is -1.36. The van der Waals surface area contributed by atoms with Gasteiger partial charge >= 0.3 is 5.97 Å². The average Bonchev–Trinajstić information content (AvgIpc) is 2.72. The summed E-state index contributed by atoms with van der Waals surface area (Å²) in [6.45, 7) is 2.17.